The Morgan fingerprint density at radius 3 is 2.54 bits per heavy atom. The van der Waals surface area contributed by atoms with Crippen LogP contribution in [0.25, 0.3) is 6.08 Å². The van der Waals surface area contributed by atoms with Crippen molar-refractivity contribution in [2.75, 3.05) is 5.01 Å². The average Bonchev–Trinajstić information content (AvgIpc) is 3.16. The lowest BCUT2D eigenvalue weighted by molar-refractivity contribution is -0.384. The summed E-state index contributed by atoms with van der Waals surface area (Å²) in [6.07, 6.45) is 1.23. The average molecular weight is 477 g/mol. The van der Waals surface area contributed by atoms with Gasteiger partial charge in [0.15, 0.2) is 17.2 Å². The number of phenolic OH excluding ortho intramolecular Hbond substituents is 1. The molecule has 4 rings (SSSR count). The monoisotopic (exact) mass is 477 g/mol. The highest BCUT2D eigenvalue weighted by atomic mass is 19.1. The Labute approximate surface area is 197 Å². The molecule has 0 spiro atoms. The van der Waals surface area contributed by atoms with Crippen LogP contribution in [0.5, 0.6) is 11.5 Å². The van der Waals surface area contributed by atoms with E-state index in [0.717, 1.165) is 11.1 Å². The minimum absolute atomic E-state index is 0.0266. The summed E-state index contributed by atoms with van der Waals surface area (Å²) in [6, 6.07) is 14.9. The van der Waals surface area contributed by atoms with Gasteiger partial charge in [-0.1, -0.05) is 24.3 Å². The number of nitrogens with zero attached hydrogens (tertiary/aromatic N) is 3. The minimum Gasteiger partial charge on any atom is -0.504 e. The van der Waals surface area contributed by atoms with E-state index in [9.17, 15) is 34.3 Å². The van der Waals surface area contributed by atoms with Gasteiger partial charge >= 0.3 is 5.97 Å². The van der Waals surface area contributed by atoms with Gasteiger partial charge in [0.2, 0.25) is 0 Å². The maximum atomic E-state index is 13.0. The maximum absolute atomic E-state index is 13.0. The summed E-state index contributed by atoms with van der Waals surface area (Å²) in [5, 5.41) is 35.5. The van der Waals surface area contributed by atoms with E-state index in [4.69, 9.17) is 4.74 Å². The third-order valence-electron chi connectivity index (χ3n) is 4.97. The number of aliphatic carboxylic acids is 1. The van der Waals surface area contributed by atoms with E-state index in [2.05, 4.69) is 5.10 Å². The highest BCUT2D eigenvalue weighted by molar-refractivity contribution is 6.53. The Kier molecular flexibility index (Phi) is 6.23. The van der Waals surface area contributed by atoms with E-state index in [-0.39, 0.29) is 46.4 Å². The number of hydrazone groups is 1. The molecule has 1 amide bonds. The first kappa shape index (κ1) is 23.1. The summed E-state index contributed by atoms with van der Waals surface area (Å²) in [6.45, 7) is 0.0702. The number of hydrogen-bond acceptors (Lipinski definition) is 7. The van der Waals surface area contributed by atoms with Gasteiger partial charge in [-0.25, -0.2) is 9.18 Å². The molecule has 0 atom stereocenters. The fourth-order valence-corrected chi connectivity index (χ4v) is 3.27. The fourth-order valence-electron chi connectivity index (χ4n) is 3.27. The van der Waals surface area contributed by atoms with Crippen molar-refractivity contribution in [2.24, 2.45) is 5.10 Å². The molecule has 3 aromatic rings. The van der Waals surface area contributed by atoms with Crippen LogP contribution in [0.1, 0.15) is 11.1 Å². The first-order chi connectivity index (χ1) is 16.7. The number of amides is 1. The zero-order chi connectivity index (χ0) is 25.1. The number of carbonyl (C=O) groups excluding carboxylic acids is 1. The molecule has 0 aromatic heterocycles. The van der Waals surface area contributed by atoms with Crippen LogP contribution < -0.4 is 9.75 Å². The molecule has 176 valence electrons. The van der Waals surface area contributed by atoms with E-state index in [1.54, 1.807) is 0 Å². The molecule has 1 aliphatic heterocycles. The first-order valence-electron chi connectivity index (χ1n) is 10.1. The number of benzene rings is 3. The Hall–Kier alpha value is -5.06. The van der Waals surface area contributed by atoms with Crippen molar-refractivity contribution in [1.29, 1.82) is 0 Å². The summed E-state index contributed by atoms with van der Waals surface area (Å²) in [5.74, 6) is -2.81. The Morgan fingerprint density at radius 1 is 1.14 bits per heavy atom. The number of anilines is 1. The second-order valence-electron chi connectivity index (χ2n) is 7.35. The van der Waals surface area contributed by atoms with Gasteiger partial charge in [0, 0.05) is 12.1 Å². The summed E-state index contributed by atoms with van der Waals surface area (Å²) >= 11 is 0. The van der Waals surface area contributed by atoms with Crippen molar-refractivity contribution >= 4 is 35.0 Å². The van der Waals surface area contributed by atoms with Crippen LogP contribution in [-0.4, -0.2) is 32.7 Å². The van der Waals surface area contributed by atoms with Crippen molar-refractivity contribution in [3.63, 3.8) is 0 Å². The van der Waals surface area contributed by atoms with Crippen molar-refractivity contribution in [3.05, 3.63) is 99.4 Å². The topological polar surface area (TPSA) is 143 Å². The van der Waals surface area contributed by atoms with Crippen LogP contribution in [0.2, 0.25) is 0 Å². The van der Waals surface area contributed by atoms with Gasteiger partial charge in [0.1, 0.15) is 12.4 Å². The molecule has 35 heavy (non-hydrogen) atoms. The zero-order valence-electron chi connectivity index (χ0n) is 17.8. The van der Waals surface area contributed by atoms with Crippen LogP contribution in [0.3, 0.4) is 0 Å². The molecular weight excluding hydrogens is 461 g/mol. The predicted molar refractivity (Wildman–Crippen MR) is 122 cm³/mol. The molecule has 0 unspecified atom stereocenters. The highest BCUT2D eigenvalue weighted by Gasteiger charge is 2.35. The molecule has 0 saturated carbocycles. The van der Waals surface area contributed by atoms with Gasteiger partial charge < -0.3 is 14.9 Å². The van der Waals surface area contributed by atoms with Crippen molar-refractivity contribution in [1.82, 2.24) is 0 Å². The summed E-state index contributed by atoms with van der Waals surface area (Å²) in [5.41, 5.74) is -0.132. The first-order valence-corrected chi connectivity index (χ1v) is 10.1. The third kappa shape index (κ3) is 4.98. The van der Waals surface area contributed by atoms with Crippen LogP contribution in [0.4, 0.5) is 15.8 Å². The quantitative estimate of drug-likeness (QED) is 0.299. The van der Waals surface area contributed by atoms with Gasteiger partial charge in [-0.3, -0.25) is 14.9 Å². The molecule has 0 radical (unpaired) electrons. The van der Waals surface area contributed by atoms with Gasteiger partial charge in [-0.05, 0) is 47.5 Å². The fraction of sp³-hybridized carbons (Fsp3) is 0.0417. The predicted octanol–water partition coefficient (Wildman–Crippen LogP) is 3.89. The van der Waals surface area contributed by atoms with Crippen molar-refractivity contribution in [2.45, 2.75) is 6.61 Å². The molecule has 0 fully saturated rings. The Morgan fingerprint density at radius 2 is 1.89 bits per heavy atom. The number of aromatic hydroxyl groups is 1. The Balaban J connectivity index is 1.58. The van der Waals surface area contributed by atoms with E-state index in [1.807, 2.05) is 0 Å². The smallest absolute Gasteiger partial charge is 0.357 e. The SMILES string of the molecule is O=C(O)C1=NN(c2cccc([N+](=O)[O-])c2)C(=O)/C1=C/c1ccc(OCc2ccc(F)cc2)c(O)c1. The Bertz CT molecular complexity index is 1400. The van der Waals surface area contributed by atoms with Crippen LogP contribution >= 0.6 is 0 Å². The summed E-state index contributed by atoms with van der Waals surface area (Å²) < 4.78 is 18.5. The second kappa shape index (κ2) is 9.43. The van der Waals surface area contributed by atoms with E-state index in [1.165, 1.54) is 66.7 Å². The molecule has 0 saturated heterocycles. The third-order valence-corrected chi connectivity index (χ3v) is 4.97. The standard InChI is InChI=1S/C24H16FN3O7/c25-16-7-4-14(5-8-16)13-35-21-9-6-15(11-20(21)29)10-19-22(24(31)32)26-27(23(19)30)17-2-1-3-18(12-17)28(33)34/h1-12,29H,13H2,(H,31,32)/b19-10+. The molecule has 1 aliphatic rings. The second-order valence-corrected chi connectivity index (χ2v) is 7.35. The lowest BCUT2D eigenvalue weighted by Gasteiger charge is -2.11. The number of hydrogen-bond donors (Lipinski definition) is 2. The van der Waals surface area contributed by atoms with Crippen LogP contribution in [-0.2, 0) is 16.2 Å². The normalized spacial score (nSPS) is 14.2. The number of non-ortho nitro benzene ring substituents is 1. The molecule has 0 bridgehead atoms. The molecule has 2 N–H and O–H groups in total. The molecule has 3 aromatic carbocycles. The number of halogens is 1. The maximum Gasteiger partial charge on any atom is 0.357 e. The molecule has 0 aliphatic carbocycles. The number of ether oxygens (including phenoxy) is 1. The molecule has 1 heterocycles. The number of carboxylic acids is 1. The highest BCUT2D eigenvalue weighted by Crippen LogP contribution is 2.31. The van der Waals surface area contributed by atoms with Gasteiger partial charge in [0.25, 0.3) is 11.6 Å². The number of nitro benzene ring substituents is 1. The number of rotatable bonds is 7. The number of nitro groups is 1. The van der Waals surface area contributed by atoms with E-state index >= 15 is 0 Å². The van der Waals surface area contributed by atoms with Crippen molar-refractivity contribution in [3.8, 4) is 11.5 Å². The van der Waals surface area contributed by atoms with Gasteiger partial charge in [-0.15, -0.1) is 0 Å². The van der Waals surface area contributed by atoms with Crippen LogP contribution in [0, 0.1) is 15.9 Å². The lowest BCUT2D eigenvalue weighted by atomic mass is 10.1. The lowest BCUT2D eigenvalue weighted by Crippen LogP contribution is -2.22. The van der Waals surface area contributed by atoms with Crippen molar-refractivity contribution < 1.29 is 33.9 Å². The zero-order valence-corrected chi connectivity index (χ0v) is 17.8. The van der Waals surface area contributed by atoms with E-state index < -0.39 is 22.5 Å². The minimum atomic E-state index is -1.47. The molecule has 10 nitrogen and oxygen atoms in total. The number of carboxylic acid groups (broad SMARTS) is 1. The number of phenols is 1. The van der Waals surface area contributed by atoms with Gasteiger partial charge in [0.05, 0.1) is 16.2 Å². The molecular formula is C24H16FN3O7. The largest absolute Gasteiger partial charge is 0.504 e. The summed E-state index contributed by atoms with van der Waals surface area (Å²) in [4.78, 5) is 35.0. The molecule has 11 heteroatoms. The van der Waals surface area contributed by atoms with Crippen LogP contribution in [0.15, 0.2) is 77.4 Å². The summed E-state index contributed by atoms with van der Waals surface area (Å²) in [7, 11) is 0. The van der Waals surface area contributed by atoms with Gasteiger partial charge in [-0.2, -0.15) is 10.1 Å². The number of carbonyl (C=O) groups is 2. The van der Waals surface area contributed by atoms with E-state index in [0.29, 0.717) is 5.56 Å².